The predicted molar refractivity (Wildman–Crippen MR) is 84.0 cm³/mol. The first-order valence-corrected chi connectivity index (χ1v) is 6.65. The standard InChI is InChI=1S/C17H18N2O2/c1-12-4-7-15(10-13(12)2)17(20)19-18-11-14-5-8-16(21-3)9-6-14/h4-11H,1-3H3,(H,19,20). The normalized spacial score (nSPS) is 10.6. The van der Waals surface area contributed by atoms with Gasteiger partial charge in [0.1, 0.15) is 5.75 Å². The molecule has 0 spiro atoms. The molecule has 4 nitrogen and oxygen atoms in total. The Bertz CT molecular complexity index is 661. The van der Waals surface area contributed by atoms with Crippen molar-refractivity contribution in [2.75, 3.05) is 7.11 Å². The largest absolute Gasteiger partial charge is 0.497 e. The highest BCUT2D eigenvalue weighted by atomic mass is 16.5. The maximum absolute atomic E-state index is 12.0. The van der Waals surface area contributed by atoms with Crippen molar-refractivity contribution in [1.29, 1.82) is 0 Å². The van der Waals surface area contributed by atoms with E-state index in [4.69, 9.17) is 4.74 Å². The van der Waals surface area contributed by atoms with Crippen LogP contribution >= 0.6 is 0 Å². The van der Waals surface area contributed by atoms with Crippen LogP contribution in [0, 0.1) is 13.8 Å². The monoisotopic (exact) mass is 282 g/mol. The first-order valence-electron chi connectivity index (χ1n) is 6.65. The number of rotatable bonds is 4. The summed E-state index contributed by atoms with van der Waals surface area (Å²) >= 11 is 0. The molecule has 0 aliphatic carbocycles. The Morgan fingerprint density at radius 3 is 2.43 bits per heavy atom. The molecule has 21 heavy (non-hydrogen) atoms. The molecule has 0 atom stereocenters. The molecule has 0 aliphatic heterocycles. The molecular formula is C17H18N2O2. The average molecular weight is 282 g/mol. The zero-order chi connectivity index (χ0) is 15.2. The van der Waals surface area contributed by atoms with Crippen molar-refractivity contribution in [2.24, 2.45) is 5.10 Å². The predicted octanol–water partition coefficient (Wildman–Crippen LogP) is 3.08. The summed E-state index contributed by atoms with van der Waals surface area (Å²) in [4.78, 5) is 12.0. The third-order valence-corrected chi connectivity index (χ3v) is 3.26. The van der Waals surface area contributed by atoms with Crippen LogP contribution in [0.4, 0.5) is 0 Å². The van der Waals surface area contributed by atoms with Crippen LogP contribution in [-0.2, 0) is 0 Å². The van der Waals surface area contributed by atoms with E-state index in [1.807, 2.05) is 50.2 Å². The van der Waals surface area contributed by atoms with Crippen LogP contribution in [-0.4, -0.2) is 19.2 Å². The third kappa shape index (κ3) is 3.92. The highest BCUT2D eigenvalue weighted by molar-refractivity contribution is 5.95. The molecule has 0 bridgehead atoms. The maximum Gasteiger partial charge on any atom is 0.271 e. The summed E-state index contributed by atoms with van der Waals surface area (Å²) in [6.07, 6.45) is 1.60. The fraction of sp³-hybridized carbons (Fsp3) is 0.176. The molecule has 2 aromatic carbocycles. The molecule has 1 amide bonds. The van der Waals surface area contributed by atoms with Crippen LogP contribution in [0.5, 0.6) is 5.75 Å². The van der Waals surface area contributed by atoms with E-state index < -0.39 is 0 Å². The number of hydrazone groups is 1. The lowest BCUT2D eigenvalue weighted by Crippen LogP contribution is -2.17. The van der Waals surface area contributed by atoms with Gasteiger partial charge in [-0.05, 0) is 66.9 Å². The van der Waals surface area contributed by atoms with Gasteiger partial charge in [0.05, 0.1) is 13.3 Å². The van der Waals surface area contributed by atoms with E-state index in [0.717, 1.165) is 22.4 Å². The zero-order valence-corrected chi connectivity index (χ0v) is 12.4. The maximum atomic E-state index is 12.0. The number of methoxy groups -OCH3 is 1. The number of aryl methyl sites for hydroxylation is 2. The fourth-order valence-corrected chi connectivity index (χ4v) is 1.80. The molecule has 0 unspecified atom stereocenters. The van der Waals surface area contributed by atoms with Gasteiger partial charge in [0.2, 0.25) is 0 Å². The Morgan fingerprint density at radius 1 is 1.10 bits per heavy atom. The lowest BCUT2D eigenvalue weighted by atomic mass is 10.1. The molecule has 2 rings (SSSR count). The Labute approximate surface area is 124 Å². The topological polar surface area (TPSA) is 50.7 Å². The fourth-order valence-electron chi connectivity index (χ4n) is 1.80. The van der Waals surface area contributed by atoms with E-state index in [0.29, 0.717) is 5.56 Å². The summed E-state index contributed by atoms with van der Waals surface area (Å²) in [5.41, 5.74) is 6.25. The Kier molecular flexibility index (Phi) is 4.72. The lowest BCUT2D eigenvalue weighted by molar-refractivity contribution is 0.0955. The van der Waals surface area contributed by atoms with Gasteiger partial charge in [-0.3, -0.25) is 4.79 Å². The highest BCUT2D eigenvalue weighted by Gasteiger charge is 2.04. The minimum absolute atomic E-state index is 0.220. The quantitative estimate of drug-likeness (QED) is 0.692. The minimum atomic E-state index is -0.220. The summed E-state index contributed by atoms with van der Waals surface area (Å²) in [5.74, 6) is 0.564. The van der Waals surface area contributed by atoms with E-state index >= 15 is 0 Å². The van der Waals surface area contributed by atoms with Crippen LogP contribution < -0.4 is 10.2 Å². The number of hydrogen-bond acceptors (Lipinski definition) is 3. The van der Waals surface area contributed by atoms with Crippen molar-refractivity contribution in [3.05, 3.63) is 64.7 Å². The van der Waals surface area contributed by atoms with Gasteiger partial charge in [0, 0.05) is 5.56 Å². The van der Waals surface area contributed by atoms with E-state index in [1.54, 1.807) is 19.4 Å². The van der Waals surface area contributed by atoms with E-state index in [1.165, 1.54) is 0 Å². The minimum Gasteiger partial charge on any atom is -0.497 e. The Balaban J connectivity index is 1.99. The van der Waals surface area contributed by atoms with Gasteiger partial charge in [-0.25, -0.2) is 5.43 Å². The molecule has 0 saturated carbocycles. The van der Waals surface area contributed by atoms with Gasteiger partial charge in [-0.1, -0.05) is 6.07 Å². The molecule has 0 radical (unpaired) electrons. The van der Waals surface area contributed by atoms with Crippen LogP contribution in [0.25, 0.3) is 0 Å². The van der Waals surface area contributed by atoms with Crippen LogP contribution in [0.1, 0.15) is 27.0 Å². The Morgan fingerprint density at radius 2 is 1.81 bits per heavy atom. The summed E-state index contributed by atoms with van der Waals surface area (Å²) in [6.45, 7) is 3.99. The molecule has 4 heteroatoms. The second-order valence-electron chi connectivity index (χ2n) is 4.77. The van der Waals surface area contributed by atoms with E-state index in [-0.39, 0.29) is 5.91 Å². The van der Waals surface area contributed by atoms with Crippen molar-refractivity contribution >= 4 is 12.1 Å². The first kappa shape index (κ1) is 14.8. The number of carbonyl (C=O) groups excluding carboxylic acids is 1. The SMILES string of the molecule is COc1ccc(C=NNC(=O)c2ccc(C)c(C)c2)cc1. The van der Waals surface area contributed by atoms with E-state index in [2.05, 4.69) is 10.5 Å². The van der Waals surface area contributed by atoms with Gasteiger partial charge in [-0.2, -0.15) is 5.10 Å². The summed E-state index contributed by atoms with van der Waals surface area (Å²) in [5, 5.41) is 3.96. The second kappa shape index (κ2) is 6.70. The number of benzene rings is 2. The van der Waals surface area contributed by atoms with Crippen LogP contribution in [0.15, 0.2) is 47.6 Å². The van der Waals surface area contributed by atoms with Crippen molar-refractivity contribution in [3.8, 4) is 5.75 Å². The Hall–Kier alpha value is -2.62. The van der Waals surface area contributed by atoms with Crippen LogP contribution in [0.3, 0.4) is 0 Å². The third-order valence-electron chi connectivity index (χ3n) is 3.26. The van der Waals surface area contributed by atoms with E-state index in [9.17, 15) is 4.79 Å². The van der Waals surface area contributed by atoms with Gasteiger partial charge < -0.3 is 4.74 Å². The molecule has 0 aromatic heterocycles. The van der Waals surface area contributed by atoms with Crippen molar-refractivity contribution in [3.63, 3.8) is 0 Å². The molecule has 0 aliphatic rings. The summed E-state index contributed by atoms with van der Waals surface area (Å²) < 4.78 is 5.08. The summed E-state index contributed by atoms with van der Waals surface area (Å²) in [6, 6.07) is 13.0. The number of ether oxygens (including phenoxy) is 1. The zero-order valence-electron chi connectivity index (χ0n) is 12.4. The number of nitrogens with zero attached hydrogens (tertiary/aromatic N) is 1. The number of hydrogen-bond donors (Lipinski definition) is 1. The smallest absolute Gasteiger partial charge is 0.271 e. The second-order valence-corrected chi connectivity index (χ2v) is 4.77. The molecule has 108 valence electrons. The van der Waals surface area contributed by atoms with Crippen molar-refractivity contribution in [1.82, 2.24) is 5.43 Å². The van der Waals surface area contributed by atoms with Gasteiger partial charge >= 0.3 is 0 Å². The first-order chi connectivity index (χ1) is 10.1. The number of carbonyl (C=O) groups is 1. The number of amides is 1. The molecule has 0 fully saturated rings. The van der Waals surface area contributed by atoms with Crippen molar-refractivity contribution < 1.29 is 9.53 Å². The van der Waals surface area contributed by atoms with Crippen molar-refractivity contribution in [2.45, 2.75) is 13.8 Å². The average Bonchev–Trinajstić information content (AvgIpc) is 2.50. The van der Waals surface area contributed by atoms with Gasteiger partial charge in [0.15, 0.2) is 0 Å². The molecule has 2 aromatic rings. The van der Waals surface area contributed by atoms with Gasteiger partial charge in [0.25, 0.3) is 5.91 Å². The molecule has 0 heterocycles. The molecule has 0 saturated heterocycles. The highest BCUT2D eigenvalue weighted by Crippen LogP contribution is 2.10. The lowest BCUT2D eigenvalue weighted by Gasteiger charge is -2.03. The molecular weight excluding hydrogens is 264 g/mol. The summed E-state index contributed by atoms with van der Waals surface area (Å²) in [7, 11) is 1.62. The molecule has 1 N–H and O–H groups in total. The van der Waals surface area contributed by atoms with Gasteiger partial charge in [-0.15, -0.1) is 0 Å². The number of nitrogens with one attached hydrogen (secondary N) is 1. The van der Waals surface area contributed by atoms with Crippen LogP contribution in [0.2, 0.25) is 0 Å².